The number of anilines is 2. The first-order valence-corrected chi connectivity index (χ1v) is 5.85. The third-order valence-electron chi connectivity index (χ3n) is 2.83. The Kier molecular flexibility index (Phi) is 2.72. The van der Waals surface area contributed by atoms with Gasteiger partial charge in [-0.3, -0.25) is 5.32 Å². The van der Waals surface area contributed by atoms with E-state index >= 15 is 0 Å². The topological polar surface area (TPSA) is 106 Å². The zero-order valence-electron chi connectivity index (χ0n) is 10.3. The summed E-state index contributed by atoms with van der Waals surface area (Å²) in [5.74, 6) is -0.000506. The van der Waals surface area contributed by atoms with Crippen molar-refractivity contribution in [2.45, 2.75) is 0 Å². The molecule has 2 heterocycles. The van der Waals surface area contributed by atoms with Crippen LogP contribution in [0, 0.1) is 0 Å². The van der Waals surface area contributed by atoms with Gasteiger partial charge in [0.2, 0.25) is 0 Å². The second-order valence-electron chi connectivity index (χ2n) is 4.14. The predicted molar refractivity (Wildman–Crippen MR) is 74.5 cm³/mol. The SMILES string of the molecule is Nc1ccccc1-c1nc(NC(=O)O)nn2cccc12. The van der Waals surface area contributed by atoms with Crippen molar-refractivity contribution in [2.24, 2.45) is 0 Å². The van der Waals surface area contributed by atoms with E-state index in [0.29, 0.717) is 11.4 Å². The number of nitrogens with one attached hydrogen (secondary N) is 1. The van der Waals surface area contributed by atoms with Crippen molar-refractivity contribution in [2.75, 3.05) is 11.1 Å². The van der Waals surface area contributed by atoms with Gasteiger partial charge >= 0.3 is 6.09 Å². The molecule has 0 saturated heterocycles. The van der Waals surface area contributed by atoms with Crippen molar-refractivity contribution in [3.05, 3.63) is 42.6 Å². The lowest BCUT2D eigenvalue weighted by atomic mass is 10.1. The van der Waals surface area contributed by atoms with Crippen LogP contribution in [0.3, 0.4) is 0 Å². The second-order valence-corrected chi connectivity index (χ2v) is 4.14. The summed E-state index contributed by atoms with van der Waals surface area (Å²) in [5, 5.41) is 15.0. The lowest BCUT2D eigenvalue weighted by Gasteiger charge is -2.09. The Balaban J connectivity index is 2.25. The number of fused-ring (bicyclic) bond motifs is 1. The van der Waals surface area contributed by atoms with E-state index < -0.39 is 6.09 Å². The van der Waals surface area contributed by atoms with Crippen LogP contribution in [0.4, 0.5) is 16.4 Å². The van der Waals surface area contributed by atoms with Gasteiger partial charge in [0, 0.05) is 17.4 Å². The Hall–Kier alpha value is -3.09. The van der Waals surface area contributed by atoms with Crippen LogP contribution in [0.15, 0.2) is 42.6 Å². The minimum atomic E-state index is -1.22. The molecule has 7 nitrogen and oxygen atoms in total. The molecule has 1 amide bonds. The average Bonchev–Trinajstić information content (AvgIpc) is 2.86. The minimum Gasteiger partial charge on any atom is -0.465 e. The largest absolute Gasteiger partial charge is 0.465 e. The quantitative estimate of drug-likeness (QED) is 0.617. The second kappa shape index (κ2) is 4.54. The summed E-state index contributed by atoms with van der Waals surface area (Å²) >= 11 is 0. The average molecular weight is 269 g/mol. The van der Waals surface area contributed by atoms with E-state index in [2.05, 4.69) is 15.4 Å². The maximum atomic E-state index is 10.7. The van der Waals surface area contributed by atoms with Crippen LogP contribution >= 0.6 is 0 Å². The molecule has 0 spiro atoms. The third-order valence-corrected chi connectivity index (χ3v) is 2.83. The number of nitrogen functional groups attached to an aromatic ring is 1. The molecule has 3 aromatic rings. The Labute approximate surface area is 113 Å². The molecule has 0 fully saturated rings. The van der Waals surface area contributed by atoms with Crippen molar-refractivity contribution in [1.82, 2.24) is 14.6 Å². The molecule has 0 saturated carbocycles. The van der Waals surface area contributed by atoms with E-state index in [1.807, 2.05) is 24.3 Å². The number of rotatable bonds is 2. The highest BCUT2D eigenvalue weighted by Gasteiger charge is 2.13. The fraction of sp³-hybridized carbons (Fsp3) is 0. The Bertz CT molecular complexity index is 796. The summed E-state index contributed by atoms with van der Waals surface area (Å²) in [6.07, 6.45) is 0.496. The van der Waals surface area contributed by atoms with Gasteiger partial charge in [0.05, 0.1) is 5.52 Å². The number of nitrogens with zero attached hydrogens (tertiary/aromatic N) is 3. The van der Waals surface area contributed by atoms with Gasteiger partial charge in [-0.05, 0) is 18.2 Å². The van der Waals surface area contributed by atoms with E-state index in [0.717, 1.165) is 11.1 Å². The monoisotopic (exact) mass is 269 g/mol. The molecule has 0 bridgehead atoms. The molecule has 20 heavy (non-hydrogen) atoms. The molecule has 0 radical (unpaired) electrons. The Morgan fingerprint density at radius 2 is 2.05 bits per heavy atom. The number of para-hydroxylation sites is 1. The molecule has 0 unspecified atom stereocenters. The van der Waals surface area contributed by atoms with Crippen LogP contribution in [-0.2, 0) is 0 Å². The third kappa shape index (κ3) is 2.01. The van der Waals surface area contributed by atoms with E-state index in [1.54, 1.807) is 22.8 Å². The van der Waals surface area contributed by atoms with Crippen LogP contribution in [0.1, 0.15) is 0 Å². The number of hydrogen-bond donors (Lipinski definition) is 3. The van der Waals surface area contributed by atoms with Crippen LogP contribution in [0.5, 0.6) is 0 Å². The standard InChI is InChI=1S/C13H11N5O2/c14-9-5-2-1-4-8(9)11-10-6-3-7-18(10)17-12(15-11)16-13(19)20/h1-7H,14H2,(H,16,17)(H,19,20). The maximum Gasteiger partial charge on any atom is 0.411 e. The van der Waals surface area contributed by atoms with Gasteiger partial charge in [0.25, 0.3) is 5.95 Å². The number of nitrogens with two attached hydrogens (primary N) is 1. The van der Waals surface area contributed by atoms with E-state index in [4.69, 9.17) is 10.8 Å². The molecule has 4 N–H and O–H groups in total. The molecular formula is C13H11N5O2. The van der Waals surface area contributed by atoms with E-state index in [1.165, 1.54) is 0 Å². The fourth-order valence-electron chi connectivity index (χ4n) is 1.99. The van der Waals surface area contributed by atoms with Gasteiger partial charge in [0.1, 0.15) is 5.69 Å². The molecule has 3 rings (SSSR count). The number of carbonyl (C=O) groups is 1. The zero-order valence-corrected chi connectivity index (χ0v) is 10.3. The molecule has 2 aromatic heterocycles. The summed E-state index contributed by atoms with van der Waals surface area (Å²) < 4.78 is 1.56. The van der Waals surface area contributed by atoms with Gasteiger partial charge in [-0.1, -0.05) is 18.2 Å². The van der Waals surface area contributed by atoms with Crippen LogP contribution in [0.2, 0.25) is 0 Å². The van der Waals surface area contributed by atoms with Gasteiger partial charge in [0.15, 0.2) is 0 Å². The highest BCUT2D eigenvalue weighted by molar-refractivity contribution is 5.86. The molecule has 0 aliphatic carbocycles. The molecule has 1 aromatic carbocycles. The number of hydrogen-bond acceptors (Lipinski definition) is 4. The first kappa shape index (κ1) is 12.0. The Morgan fingerprint density at radius 3 is 2.80 bits per heavy atom. The lowest BCUT2D eigenvalue weighted by Crippen LogP contribution is -2.13. The van der Waals surface area contributed by atoms with Crippen molar-refractivity contribution in [3.8, 4) is 11.3 Å². The van der Waals surface area contributed by atoms with Gasteiger partial charge in [-0.25, -0.2) is 14.3 Å². The molecular weight excluding hydrogens is 258 g/mol. The minimum absolute atomic E-state index is 0.000506. The number of amides is 1. The first-order valence-electron chi connectivity index (χ1n) is 5.85. The van der Waals surface area contributed by atoms with Crippen LogP contribution < -0.4 is 11.1 Å². The van der Waals surface area contributed by atoms with Crippen LogP contribution in [0.25, 0.3) is 16.8 Å². The lowest BCUT2D eigenvalue weighted by molar-refractivity contribution is 0.209. The van der Waals surface area contributed by atoms with E-state index in [-0.39, 0.29) is 5.95 Å². The smallest absolute Gasteiger partial charge is 0.411 e. The molecule has 0 aliphatic rings. The maximum absolute atomic E-state index is 10.7. The highest BCUT2D eigenvalue weighted by Crippen LogP contribution is 2.28. The van der Waals surface area contributed by atoms with Crippen LogP contribution in [-0.4, -0.2) is 25.8 Å². The number of carboxylic acid groups (broad SMARTS) is 1. The first-order chi connectivity index (χ1) is 9.65. The van der Waals surface area contributed by atoms with Crippen molar-refractivity contribution < 1.29 is 9.90 Å². The summed E-state index contributed by atoms with van der Waals surface area (Å²) in [6.45, 7) is 0. The molecule has 0 atom stereocenters. The predicted octanol–water partition coefficient (Wildman–Crippen LogP) is 2.07. The highest BCUT2D eigenvalue weighted by atomic mass is 16.4. The summed E-state index contributed by atoms with van der Waals surface area (Å²) in [4.78, 5) is 15.0. The van der Waals surface area contributed by atoms with Gasteiger partial charge in [-0.15, -0.1) is 5.10 Å². The van der Waals surface area contributed by atoms with E-state index in [9.17, 15) is 4.79 Å². The number of benzene rings is 1. The normalized spacial score (nSPS) is 10.6. The molecule has 100 valence electrons. The summed E-state index contributed by atoms with van der Waals surface area (Å²) in [7, 11) is 0. The summed E-state index contributed by atoms with van der Waals surface area (Å²) in [6, 6.07) is 10.9. The molecule has 7 heteroatoms. The summed E-state index contributed by atoms with van der Waals surface area (Å²) in [5.41, 5.74) is 8.58. The Morgan fingerprint density at radius 1 is 1.25 bits per heavy atom. The van der Waals surface area contributed by atoms with Gasteiger partial charge < -0.3 is 10.8 Å². The van der Waals surface area contributed by atoms with Crippen molar-refractivity contribution in [3.63, 3.8) is 0 Å². The van der Waals surface area contributed by atoms with Crippen molar-refractivity contribution >= 4 is 23.2 Å². The molecule has 0 aliphatic heterocycles. The zero-order chi connectivity index (χ0) is 14.1. The fourth-order valence-corrected chi connectivity index (χ4v) is 1.99. The number of aromatic nitrogens is 3. The van der Waals surface area contributed by atoms with Gasteiger partial charge in [-0.2, -0.15) is 0 Å². The van der Waals surface area contributed by atoms with Crippen molar-refractivity contribution in [1.29, 1.82) is 0 Å².